The second-order valence-electron chi connectivity index (χ2n) is 5.87. The summed E-state index contributed by atoms with van der Waals surface area (Å²) in [4.78, 5) is 11.9. The summed E-state index contributed by atoms with van der Waals surface area (Å²) < 4.78 is 32.4. The van der Waals surface area contributed by atoms with Crippen LogP contribution in [-0.4, -0.2) is 31.3 Å². The Balaban J connectivity index is 2.29. The molecule has 2 rings (SSSR count). The molecule has 0 aliphatic carbocycles. The molecule has 0 unspecified atom stereocenters. The van der Waals surface area contributed by atoms with Crippen molar-refractivity contribution in [3.8, 4) is 0 Å². The zero-order valence-electron chi connectivity index (χ0n) is 14.7. The first kappa shape index (κ1) is 19.1. The first-order valence-corrected chi connectivity index (χ1v) is 9.63. The van der Waals surface area contributed by atoms with E-state index in [9.17, 15) is 13.2 Å². The van der Waals surface area contributed by atoms with Crippen molar-refractivity contribution in [3.05, 3.63) is 65.7 Å². The fourth-order valence-electron chi connectivity index (χ4n) is 2.42. The Morgan fingerprint density at radius 1 is 1.04 bits per heavy atom. The van der Waals surface area contributed by atoms with Crippen LogP contribution in [0.25, 0.3) is 0 Å². The second kappa shape index (κ2) is 8.27. The minimum atomic E-state index is -3.67. The molecule has 0 aliphatic rings. The van der Waals surface area contributed by atoms with Gasteiger partial charge in [0.05, 0.1) is 17.1 Å². The molecule has 0 N–H and O–H groups in total. The van der Waals surface area contributed by atoms with Gasteiger partial charge in [0.1, 0.15) is 0 Å². The van der Waals surface area contributed by atoms with E-state index < -0.39 is 16.0 Å². The molecule has 0 spiro atoms. The van der Waals surface area contributed by atoms with E-state index in [1.807, 2.05) is 44.2 Å². The number of carbonyl (C=O) groups is 1. The maximum absolute atomic E-state index is 13.0. The topological polar surface area (TPSA) is 63.7 Å². The van der Waals surface area contributed by atoms with Gasteiger partial charge in [0.25, 0.3) is 0 Å². The van der Waals surface area contributed by atoms with Crippen LogP contribution in [0, 0.1) is 0 Å². The van der Waals surface area contributed by atoms with Crippen molar-refractivity contribution < 1.29 is 17.9 Å². The van der Waals surface area contributed by atoms with Crippen molar-refractivity contribution in [1.82, 2.24) is 4.31 Å². The Morgan fingerprint density at radius 2 is 1.64 bits per heavy atom. The first-order valence-electron chi connectivity index (χ1n) is 8.19. The van der Waals surface area contributed by atoms with Gasteiger partial charge >= 0.3 is 5.97 Å². The zero-order chi connectivity index (χ0) is 18.4. The van der Waals surface area contributed by atoms with Crippen LogP contribution in [0.3, 0.4) is 0 Å². The molecule has 0 fully saturated rings. The third-order valence-electron chi connectivity index (χ3n) is 3.73. The third-order valence-corrected chi connectivity index (χ3v) is 5.77. The smallest absolute Gasteiger partial charge is 0.338 e. The van der Waals surface area contributed by atoms with Crippen LogP contribution >= 0.6 is 0 Å². The fraction of sp³-hybridized carbons (Fsp3) is 0.316. The summed E-state index contributed by atoms with van der Waals surface area (Å²) in [5.74, 6) is -0.462. The highest BCUT2D eigenvalue weighted by Gasteiger charge is 2.27. The van der Waals surface area contributed by atoms with Gasteiger partial charge in [-0.1, -0.05) is 30.3 Å². The lowest BCUT2D eigenvalue weighted by atomic mass is 10.2. The second-order valence-corrected chi connectivity index (χ2v) is 7.77. The quantitative estimate of drug-likeness (QED) is 0.709. The molecule has 0 aromatic heterocycles. The van der Waals surface area contributed by atoms with Gasteiger partial charge in [-0.25, -0.2) is 13.2 Å². The van der Waals surface area contributed by atoms with Gasteiger partial charge in [-0.15, -0.1) is 0 Å². The maximum Gasteiger partial charge on any atom is 0.338 e. The predicted molar refractivity (Wildman–Crippen MR) is 96.7 cm³/mol. The molecule has 0 bridgehead atoms. The van der Waals surface area contributed by atoms with E-state index >= 15 is 0 Å². The molecule has 0 saturated carbocycles. The Morgan fingerprint density at radius 3 is 2.16 bits per heavy atom. The molecule has 0 radical (unpaired) electrons. The zero-order valence-corrected chi connectivity index (χ0v) is 15.5. The molecule has 2 aromatic carbocycles. The fourth-order valence-corrected chi connectivity index (χ4v) is 4.05. The lowest BCUT2D eigenvalue weighted by Gasteiger charge is -2.26. The van der Waals surface area contributed by atoms with Gasteiger partial charge in [-0.3, -0.25) is 0 Å². The number of esters is 1. The highest BCUT2D eigenvalue weighted by atomic mass is 32.2. The molecule has 134 valence electrons. The van der Waals surface area contributed by atoms with E-state index in [1.54, 1.807) is 6.92 Å². The van der Waals surface area contributed by atoms with Gasteiger partial charge in [-0.2, -0.15) is 4.31 Å². The summed E-state index contributed by atoms with van der Waals surface area (Å²) in [5.41, 5.74) is 1.25. The summed E-state index contributed by atoms with van der Waals surface area (Å²) in [5, 5.41) is 0. The van der Waals surface area contributed by atoms with Crippen molar-refractivity contribution in [2.24, 2.45) is 0 Å². The van der Waals surface area contributed by atoms with E-state index in [4.69, 9.17) is 4.74 Å². The van der Waals surface area contributed by atoms with Crippen LogP contribution in [-0.2, 0) is 21.3 Å². The molecule has 0 heterocycles. The normalized spacial score (nSPS) is 11.7. The lowest BCUT2D eigenvalue weighted by Crippen LogP contribution is -2.36. The molecular formula is C19H23NO4S. The van der Waals surface area contributed by atoms with Crippen LogP contribution < -0.4 is 0 Å². The van der Waals surface area contributed by atoms with Crippen LogP contribution in [0.1, 0.15) is 36.7 Å². The summed E-state index contributed by atoms with van der Waals surface area (Å²) >= 11 is 0. The minimum absolute atomic E-state index is 0.158. The SMILES string of the molecule is CCOC(=O)c1ccc(S(=O)(=O)N(Cc2ccccc2)C(C)C)cc1. The maximum atomic E-state index is 13.0. The summed E-state index contributed by atoms with van der Waals surface area (Å²) in [6.07, 6.45) is 0. The highest BCUT2D eigenvalue weighted by molar-refractivity contribution is 7.89. The van der Waals surface area contributed by atoms with E-state index in [0.717, 1.165) is 5.56 Å². The third kappa shape index (κ3) is 4.67. The Bertz CT molecular complexity index is 799. The summed E-state index contributed by atoms with van der Waals surface area (Å²) in [7, 11) is -3.67. The van der Waals surface area contributed by atoms with Crippen molar-refractivity contribution in [1.29, 1.82) is 0 Å². The van der Waals surface area contributed by atoms with Crippen LogP contribution in [0.4, 0.5) is 0 Å². The van der Waals surface area contributed by atoms with Gasteiger partial charge in [0, 0.05) is 12.6 Å². The van der Waals surface area contributed by atoms with E-state index in [2.05, 4.69) is 0 Å². The molecule has 25 heavy (non-hydrogen) atoms. The average molecular weight is 361 g/mol. The van der Waals surface area contributed by atoms with Crippen LogP contribution in [0.5, 0.6) is 0 Å². The minimum Gasteiger partial charge on any atom is -0.462 e. The molecule has 5 nitrogen and oxygen atoms in total. The molecule has 0 atom stereocenters. The summed E-state index contributed by atoms with van der Waals surface area (Å²) in [6.45, 7) is 5.97. The number of benzene rings is 2. The van der Waals surface area contributed by atoms with Crippen molar-refractivity contribution >= 4 is 16.0 Å². The van der Waals surface area contributed by atoms with Crippen molar-refractivity contribution in [2.75, 3.05) is 6.61 Å². The van der Waals surface area contributed by atoms with Crippen LogP contribution in [0.15, 0.2) is 59.5 Å². The molecule has 2 aromatic rings. The Labute approximate surface area is 149 Å². The van der Waals surface area contributed by atoms with Crippen molar-refractivity contribution in [3.63, 3.8) is 0 Å². The van der Waals surface area contributed by atoms with Gasteiger partial charge in [-0.05, 0) is 50.6 Å². The number of hydrogen-bond donors (Lipinski definition) is 0. The number of sulfonamides is 1. The number of rotatable bonds is 7. The van der Waals surface area contributed by atoms with Gasteiger partial charge in [0.2, 0.25) is 10.0 Å². The molecule has 0 amide bonds. The Kier molecular flexibility index (Phi) is 6.33. The first-order chi connectivity index (χ1) is 11.9. The largest absolute Gasteiger partial charge is 0.462 e. The monoisotopic (exact) mass is 361 g/mol. The Hall–Kier alpha value is -2.18. The average Bonchev–Trinajstić information content (AvgIpc) is 2.60. The van der Waals surface area contributed by atoms with E-state index in [0.29, 0.717) is 12.1 Å². The molecular weight excluding hydrogens is 338 g/mol. The summed E-state index contributed by atoms with van der Waals surface area (Å²) in [6, 6.07) is 15.1. The molecule has 0 saturated heterocycles. The number of ether oxygens (including phenoxy) is 1. The van der Waals surface area contributed by atoms with Gasteiger partial charge < -0.3 is 4.74 Å². The predicted octanol–water partition coefficient (Wildman–Crippen LogP) is 3.46. The molecule has 6 heteroatoms. The highest BCUT2D eigenvalue weighted by Crippen LogP contribution is 2.21. The van der Waals surface area contributed by atoms with E-state index in [1.165, 1.54) is 28.6 Å². The standard InChI is InChI=1S/C19H23NO4S/c1-4-24-19(21)17-10-12-18(13-11-17)25(22,23)20(15(2)3)14-16-8-6-5-7-9-16/h5-13,15H,4,14H2,1-3H3. The number of nitrogens with zero attached hydrogens (tertiary/aromatic N) is 1. The number of carbonyl (C=O) groups excluding carboxylic acids is 1. The van der Waals surface area contributed by atoms with Crippen molar-refractivity contribution in [2.45, 2.75) is 38.3 Å². The number of hydrogen-bond acceptors (Lipinski definition) is 4. The molecule has 0 aliphatic heterocycles. The van der Waals surface area contributed by atoms with E-state index in [-0.39, 0.29) is 17.5 Å². The lowest BCUT2D eigenvalue weighted by molar-refractivity contribution is 0.0526. The van der Waals surface area contributed by atoms with Crippen LogP contribution in [0.2, 0.25) is 0 Å². The van der Waals surface area contributed by atoms with Gasteiger partial charge in [0.15, 0.2) is 0 Å².